The standard InChI is InChI=1S/C24H28ClN3O4/c1-24(2,17-7-4-3-5-8-17)23(31)28-13-6-11-27-22(30)19-15-18(25)9-10-20(19)32-14-12-26-21(29)16-28/h3-5,7-10,15H,6,11-14,16H2,1-2H3,(H,26,29)(H,27,30). The summed E-state index contributed by atoms with van der Waals surface area (Å²) in [5, 5.41) is 6.05. The summed E-state index contributed by atoms with van der Waals surface area (Å²) in [5.41, 5.74) is 0.411. The van der Waals surface area contributed by atoms with Gasteiger partial charge in [0.25, 0.3) is 5.91 Å². The molecule has 0 saturated heterocycles. The molecule has 0 spiro atoms. The van der Waals surface area contributed by atoms with Crippen LogP contribution >= 0.6 is 11.6 Å². The second-order valence-corrected chi connectivity index (χ2v) is 8.60. The summed E-state index contributed by atoms with van der Waals surface area (Å²) in [4.78, 5) is 40.1. The van der Waals surface area contributed by atoms with Crippen LogP contribution in [-0.4, -0.2) is 55.4 Å². The van der Waals surface area contributed by atoms with E-state index in [1.165, 1.54) is 0 Å². The number of hydrogen-bond acceptors (Lipinski definition) is 4. The van der Waals surface area contributed by atoms with E-state index in [4.69, 9.17) is 16.3 Å². The van der Waals surface area contributed by atoms with Crippen molar-refractivity contribution in [2.45, 2.75) is 25.7 Å². The first-order valence-corrected chi connectivity index (χ1v) is 11.0. The number of benzene rings is 2. The lowest BCUT2D eigenvalue weighted by atomic mass is 9.83. The molecule has 0 aliphatic carbocycles. The van der Waals surface area contributed by atoms with Crippen molar-refractivity contribution >= 4 is 29.3 Å². The normalized spacial score (nSPS) is 16.2. The molecule has 170 valence electrons. The van der Waals surface area contributed by atoms with Crippen LogP contribution in [0.25, 0.3) is 0 Å². The van der Waals surface area contributed by atoms with E-state index in [-0.39, 0.29) is 37.4 Å². The maximum atomic E-state index is 13.4. The van der Waals surface area contributed by atoms with Crippen molar-refractivity contribution < 1.29 is 19.1 Å². The van der Waals surface area contributed by atoms with Gasteiger partial charge in [0.2, 0.25) is 11.8 Å². The van der Waals surface area contributed by atoms with Crippen molar-refractivity contribution in [1.29, 1.82) is 0 Å². The minimum Gasteiger partial charge on any atom is -0.491 e. The van der Waals surface area contributed by atoms with Gasteiger partial charge in [-0.25, -0.2) is 0 Å². The van der Waals surface area contributed by atoms with Crippen molar-refractivity contribution in [3.8, 4) is 5.75 Å². The molecule has 0 aromatic heterocycles. The van der Waals surface area contributed by atoms with Crippen LogP contribution in [0, 0.1) is 0 Å². The van der Waals surface area contributed by atoms with E-state index in [2.05, 4.69) is 10.6 Å². The lowest BCUT2D eigenvalue weighted by Gasteiger charge is -2.32. The van der Waals surface area contributed by atoms with E-state index in [0.29, 0.717) is 35.8 Å². The Morgan fingerprint density at radius 2 is 1.81 bits per heavy atom. The molecule has 2 N–H and O–H groups in total. The highest BCUT2D eigenvalue weighted by molar-refractivity contribution is 6.31. The summed E-state index contributed by atoms with van der Waals surface area (Å²) in [7, 11) is 0. The lowest BCUT2D eigenvalue weighted by molar-refractivity contribution is -0.140. The van der Waals surface area contributed by atoms with Crippen molar-refractivity contribution in [3.05, 3.63) is 64.7 Å². The Kier molecular flexibility index (Phi) is 7.75. The highest BCUT2D eigenvalue weighted by atomic mass is 35.5. The molecular formula is C24H28ClN3O4. The number of rotatable bonds is 2. The monoisotopic (exact) mass is 457 g/mol. The molecule has 0 fully saturated rings. The zero-order valence-corrected chi connectivity index (χ0v) is 19.1. The minimum absolute atomic E-state index is 0.0603. The third kappa shape index (κ3) is 5.79. The SMILES string of the molecule is CC(C)(C(=O)N1CCCNC(=O)c2cc(Cl)ccc2OCCNC(=O)C1)c1ccccc1. The molecule has 0 radical (unpaired) electrons. The summed E-state index contributed by atoms with van der Waals surface area (Å²) in [6.45, 7) is 4.73. The molecule has 3 rings (SSSR count). The Bertz CT molecular complexity index is 978. The predicted molar refractivity (Wildman–Crippen MR) is 123 cm³/mol. The number of carbonyl (C=O) groups excluding carboxylic acids is 3. The molecule has 2 aromatic rings. The van der Waals surface area contributed by atoms with Crippen LogP contribution in [0.3, 0.4) is 0 Å². The zero-order chi connectivity index (χ0) is 23.1. The topological polar surface area (TPSA) is 87.7 Å². The van der Waals surface area contributed by atoms with Gasteiger partial charge in [-0.05, 0) is 44.0 Å². The number of nitrogens with one attached hydrogen (secondary N) is 2. The first kappa shape index (κ1) is 23.6. The van der Waals surface area contributed by atoms with Crippen LogP contribution in [0.5, 0.6) is 5.75 Å². The van der Waals surface area contributed by atoms with Crippen LogP contribution in [0.2, 0.25) is 5.02 Å². The van der Waals surface area contributed by atoms with Gasteiger partial charge < -0.3 is 20.3 Å². The Balaban J connectivity index is 1.76. The van der Waals surface area contributed by atoms with Crippen LogP contribution in [0.15, 0.2) is 48.5 Å². The van der Waals surface area contributed by atoms with Gasteiger partial charge >= 0.3 is 0 Å². The van der Waals surface area contributed by atoms with Crippen molar-refractivity contribution in [3.63, 3.8) is 0 Å². The first-order chi connectivity index (χ1) is 15.3. The molecule has 0 atom stereocenters. The number of ether oxygens (including phenoxy) is 1. The number of fused-ring (bicyclic) bond motifs is 1. The molecule has 7 nitrogen and oxygen atoms in total. The fourth-order valence-corrected chi connectivity index (χ4v) is 3.75. The molecule has 32 heavy (non-hydrogen) atoms. The first-order valence-electron chi connectivity index (χ1n) is 10.6. The molecule has 0 bridgehead atoms. The number of hydrogen-bond donors (Lipinski definition) is 2. The third-order valence-corrected chi connectivity index (χ3v) is 5.65. The van der Waals surface area contributed by atoms with E-state index in [9.17, 15) is 14.4 Å². The Hall–Kier alpha value is -3.06. The predicted octanol–water partition coefficient (Wildman–Crippen LogP) is 2.77. The maximum absolute atomic E-state index is 13.4. The van der Waals surface area contributed by atoms with Gasteiger partial charge in [0.15, 0.2) is 0 Å². The van der Waals surface area contributed by atoms with E-state index in [0.717, 1.165) is 5.56 Å². The molecule has 1 aliphatic rings. The van der Waals surface area contributed by atoms with Gasteiger partial charge in [-0.2, -0.15) is 0 Å². The number of nitrogens with zero attached hydrogens (tertiary/aromatic N) is 1. The summed E-state index contributed by atoms with van der Waals surface area (Å²) < 4.78 is 5.68. The van der Waals surface area contributed by atoms with Crippen LogP contribution < -0.4 is 15.4 Å². The van der Waals surface area contributed by atoms with Crippen LogP contribution in [0.4, 0.5) is 0 Å². The van der Waals surface area contributed by atoms with Crippen molar-refractivity contribution in [2.75, 3.05) is 32.8 Å². The largest absolute Gasteiger partial charge is 0.491 e. The molecule has 1 heterocycles. The fourth-order valence-electron chi connectivity index (χ4n) is 3.58. The molecule has 1 aliphatic heterocycles. The molecule has 0 saturated carbocycles. The average molecular weight is 458 g/mol. The number of amides is 3. The van der Waals surface area contributed by atoms with E-state index in [1.54, 1.807) is 23.1 Å². The Morgan fingerprint density at radius 1 is 1.06 bits per heavy atom. The van der Waals surface area contributed by atoms with Gasteiger partial charge in [-0.15, -0.1) is 0 Å². The van der Waals surface area contributed by atoms with E-state index >= 15 is 0 Å². The number of carbonyl (C=O) groups is 3. The molecule has 3 amide bonds. The second-order valence-electron chi connectivity index (χ2n) is 8.17. The molecule has 2 aromatic carbocycles. The quantitative estimate of drug-likeness (QED) is 0.725. The molecule has 0 unspecified atom stereocenters. The summed E-state index contributed by atoms with van der Waals surface area (Å²) in [5.74, 6) is -0.306. The smallest absolute Gasteiger partial charge is 0.255 e. The molecule has 8 heteroatoms. The summed E-state index contributed by atoms with van der Waals surface area (Å²) in [6.07, 6.45) is 0.492. The van der Waals surface area contributed by atoms with Crippen LogP contribution in [0.1, 0.15) is 36.2 Å². The van der Waals surface area contributed by atoms with E-state index < -0.39 is 5.41 Å². The summed E-state index contributed by atoms with van der Waals surface area (Å²) in [6, 6.07) is 14.3. The van der Waals surface area contributed by atoms with E-state index in [1.807, 2.05) is 44.2 Å². The minimum atomic E-state index is -0.797. The van der Waals surface area contributed by atoms with Crippen molar-refractivity contribution in [2.24, 2.45) is 0 Å². The zero-order valence-electron chi connectivity index (χ0n) is 18.3. The summed E-state index contributed by atoms with van der Waals surface area (Å²) >= 11 is 6.04. The maximum Gasteiger partial charge on any atom is 0.255 e. The Labute approximate surface area is 193 Å². The fraction of sp³-hybridized carbons (Fsp3) is 0.375. The van der Waals surface area contributed by atoms with Crippen LogP contribution in [-0.2, 0) is 15.0 Å². The average Bonchev–Trinajstić information content (AvgIpc) is 2.78. The molecular weight excluding hydrogens is 430 g/mol. The second kappa shape index (κ2) is 10.5. The van der Waals surface area contributed by atoms with Gasteiger partial charge in [0.05, 0.1) is 24.1 Å². The Morgan fingerprint density at radius 3 is 2.56 bits per heavy atom. The third-order valence-electron chi connectivity index (χ3n) is 5.41. The van der Waals surface area contributed by atoms with Gasteiger partial charge in [0, 0.05) is 18.1 Å². The number of halogens is 1. The van der Waals surface area contributed by atoms with Gasteiger partial charge in [0.1, 0.15) is 12.4 Å². The van der Waals surface area contributed by atoms with Gasteiger partial charge in [-0.1, -0.05) is 41.9 Å². The highest BCUT2D eigenvalue weighted by Gasteiger charge is 2.34. The van der Waals surface area contributed by atoms with Crippen molar-refractivity contribution in [1.82, 2.24) is 15.5 Å². The van der Waals surface area contributed by atoms with Gasteiger partial charge in [-0.3, -0.25) is 14.4 Å². The lowest BCUT2D eigenvalue weighted by Crippen LogP contribution is -2.49. The highest BCUT2D eigenvalue weighted by Crippen LogP contribution is 2.26.